The number of carbonyl (C=O) groups excluding carboxylic acids is 1. The summed E-state index contributed by atoms with van der Waals surface area (Å²) in [7, 11) is 0. The summed E-state index contributed by atoms with van der Waals surface area (Å²) in [5, 5.41) is 25.8. The maximum atomic E-state index is 10.2. The molecule has 0 saturated carbocycles. The minimum absolute atomic E-state index is 0.0886. The fourth-order valence-electron chi connectivity index (χ4n) is 0.392. The highest BCUT2D eigenvalue weighted by Crippen LogP contribution is 2.03. The summed E-state index contributed by atoms with van der Waals surface area (Å²) in [6, 6.07) is 0. The van der Waals surface area contributed by atoms with E-state index in [9.17, 15) is 9.59 Å². The van der Waals surface area contributed by atoms with Crippen molar-refractivity contribution >= 4 is 12.3 Å². The first kappa shape index (κ1) is 10.2. The zero-order valence-corrected chi connectivity index (χ0v) is 6.31. The van der Waals surface area contributed by atoms with Crippen LogP contribution in [-0.4, -0.2) is 27.6 Å². The maximum absolute atomic E-state index is 10.2. The Kier molecular flexibility index (Phi) is 3.55. The Balaban J connectivity index is 4.80. The summed E-state index contributed by atoms with van der Waals surface area (Å²) < 4.78 is 0. The molecule has 5 heteroatoms. The summed E-state index contributed by atoms with van der Waals surface area (Å²) in [6.45, 7) is 1.15. The van der Waals surface area contributed by atoms with Crippen LogP contribution in [0.2, 0.25) is 0 Å². The molecule has 0 rings (SSSR count). The van der Waals surface area contributed by atoms with E-state index in [1.54, 1.807) is 0 Å². The van der Waals surface area contributed by atoms with Crippen molar-refractivity contribution < 1.29 is 24.9 Å². The van der Waals surface area contributed by atoms with Crippen molar-refractivity contribution in [1.29, 1.82) is 0 Å². The molecule has 0 aromatic heterocycles. The molecule has 0 atom stereocenters. The van der Waals surface area contributed by atoms with Gasteiger partial charge in [-0.1, -0.05) is 0 Å². The Bertz CT molecular complexity index is 261. The molecule has 0 saturated heterocycles. The van der Waals surface area contributed by atoms with Gasteiger partial charge in [0.2, 0.25) is 0 Å². The number of aliphatic carboxylic acids is 1. The lowest BCUT2D eigenvalue weighted by atomic mass is 10.2. The molecular weight excluding hydrogens is 164 g/mol. The molecule has 0 radical (unpaired) electrons. The highest BCUT2D eigenvalue weighted by Gasteiger charge is 2.06. The molecule has 66 valence electrons. The van der Waals surface area contributed by atoms with Gasteiger partial charge >= 0.3 is 5.97 Å². The van der Waals surface area contributed by atoms with Crippen molar-refractivity contribution in [2.75, 3.05) is 0 Å². The van der Waals surface area contributed by atoms with E-state index >= 15 is 0 Å². The SMILES string of the molecule is CC(C(=O)O)=C(O)C=C(O)C=O. The molecule has 0 bridgehead atoms. The minimum Gasteiger partial charge on any atom is -0.507 e. The number of aliphatic hydroxyl groups is 2. The number of hydrogen-bond acceptors (Lipinski definition) is 4. The lowest BCUT2D eigenvalue weighted by molar-refractivity contribution is -0.132. The number of carboxylic acid groups (broad SMARTS) is 1. The lowest BCUT2D eigenvalue weighted by Gasteiger charge is -1.95. The van der Waals surface area contributed by atoms with Crippen LogP contribution in [0.1, 0.15) is 6.92 Å². The van der Waals surface area contributed by atoms with Gasteiger partial charge in [-0.05, 0) is 6.92 Å². The molecule has 0 aliphatic carbocycles. The fraction of sp³-hybridized carbons (Fsp3) is 0.143. The average Bonchev–Trinajstić information content (AvgIpc) is 2.02. The molecular formula is C7H8O5. The molecule has 0 heterocycles. The summed E-state index contributed by atoms with van der Waals surface area (Å²) in [6.07, 6.45) is 0.752. The molecule has 3 N–H and O–H groups in total. The number of hydrogen-bond donors (Lipinski definition) is 3. The van der Waals surface area contributed by atoms with Gasteiger partial charge in [0, 0.05) is 6.08 Å². The monoisotopic (exact) mass is 172 g/mol. The number of aliphatic hydroxyl groups excluding tert-OH is 2. The topological polar surface area (TPSA) is 94.8 Å². The second kappa shape index (κ2) is 4.17. The van der Waals surface area contributed by atoms with Gasteiger partial charge in [-0.2, -0.15) is 0 Å². The van der Waals surface area contributed by atoms with Gasteiger partial charge in [-0.25, -0.2) is 4.79 Å². The van der Waals surface area contributed by atoms with E-state index in [0.29, 0.717) is 6.08 Å². The molecule has 0 amide bonds. The van der Waals surface area contributed by atoms with E-state index in [0.717, 1.165) is 6.92 Å². The number of allylic oxidation sites excluding steroid dienone is 2. The van der Waals surface area contributed by atoms with Gasteiger partial charge in [0.15, 0.2) is 12.0 Å². The normalized spacial score (nSPS) is 13.6. The highest BCUT2D eigenvalue weighted by atomic mass is 16.4. The van der Waals surface area contributed by atoms with Gasteiger partial charge < -0.3 is 15.3 Å². The predicted octanol–water partition coefficient (Wildman–Crippen LogP) is 0.544. The number of carboxylic acids is 1. The minimum atomic E-state index is -1.32. The van der Waals surface area contributed by atoms with Crippen molar-refractivity contribution in [2.45, 2.75) is 6.92 Å². The summed E-state index contributed by atoms with van der Waals surface area (Å²) in [4.78, 5) is 20.0. The van der Waals surface area contributed by atoms with E-state index in [4.69, 9.17) is 15.3 Å². The van der Waals surface area contributed by atoms with Crippen molar-refractivity contribution in [1.82, 2.24) is 0 Å². The summed E-state index contributed by atoms with van der Waals surface area (Å²) in [5.74, 6) is -2.69. The summed E-state index contributed by atoms with van der Waals surface area (Å²) >= 11 is 0. The molecule has 0 aromatic rings. The highest BCUT2D eigenvalue weighted by molar-refractivity contribution is 5.87. The molecule has 0 aliphatic heterocycles. The predicted molar refractivity (Wildman–Crippen MR) is 39.7 cm³/mol. The maximum Gasteiger partial charge on any atom is 0.335 e. The average molecular weight is 172 g/mol. The van der Waals surface area contributed by atoms with Gasteiger partial charge in [-0.3, -0.25) is 4.79 Å². The molecule has 0 fully saturated rings. The van der Waals surface area contributed by atoms with Crippen LogP contribution < -0.4 is 0 Å². The zero-order valence-electron chi connectivity index (χ0n) is 6.31. The number of rotatable bonds is 3. The number of aldehydes is 1. The van der Waals surface area contributed by atoms with Crippen LogP contribution in [0, 0.1) is 0 Å². The van der Waals surface area contributed by atoms with Crippen molar-refractivity contribution in [3.63, 3.8) is 0 Å². The molecule has 0 aromatic carbocycles. The van der Waals surface area contributed by atoms with Crippen LogP contribution in [0.4, 0.5) is 0 Å². The smallest absolute Gasteiger partial charge is 0.335 e. The Morgan fingerprint density at radius 3 is 2.08 bits per heavy atom. The standard InChI is InChI=1S/C7H8O5/c1-4(7(11)12)6(10)2-5(9)3-8/h2-3,9-10H,1H3,(H,11,12). The van der Waals surface area contributed by atoms with Crippen LogP contribution >= 0.6 is 0 Å². The van der Waals surface area contributed by atoms with Crippen molar-refractivity contribution in [3.8, 4) is 0 Å². The van der Waals surface area contributed by atoms with Crippen LogP contribution in [0.15, 0.2) is 23.2 Å². The van der Waals surface area contributed by atoms with Crippen LogP contribution in [-0.2, 0) is 9.59 Å². The van der Waals surface area contributed by atoms with Gasteiger partial charge in [0.25, 0.3) is 0 Å². The molecule has 0 aliphatic rings. The molecule has 12 heavy (non-hydrogen) atoms. The third-order valence-electron chi connectivity index (χ3n) is 1.11. The quantitative estimate of drug-likeness (QED) is 0.250. The Morgan fingerprint density at radius 1 is 1.25 bits per heavy atom. The Morgan fingerprint density at radius 2 is 1.75 bits per heavy atom. The van der Waals surface area contributed by atoms with Crippen LogP contribution in [0.25, 0.3) is 0 Å². The van der Waals surface area contributed by atoms with E-state index in [1.807, 2.05) is 0 Å². The lowest BCUT2D eigenvalue weighted by Crippen LogP contribution is -2.00. The van der Waals surface area contributed by atoms with E-state index < -0.39 is 17.5 Å². The van der Waals surface area contributed by atoms with E-state index in [2.05, 4.69) is 0 Å². The Labute approximate surface area is 68.3 Å². The first-order valence-corrected chi connectivity index (χ1v) is 2.98. The molecule has 0 spiro atoms. The van der Waals surface area contributed by atoms with E-state index in [-0.39, 0.29) is 11.9 Å². The van der Waals surface area contributed by atoms with E-state index in [1.165, 1.54) is 0 Å². The van der Waals surface area contributed by atoms with Gasteiger partial charge in [0.1, 0.15) is 5.76 Å². The summed E-state index contributed by atoms with van der Waals surface area (Å²) in [5.41, 5.74) is -0.344. The van der Waals surface area contributed by atoms with Crippen LogP contribution in [0.5, 0.6) is 0 Å². The van der Waals surface area contributed by atoms with Crippen LogP contribution in [0.3, 0.4) is 0 Å². The van der Waals surface area contributed by atoms with Crippen molar-refractivity contribution in [3.05, 3.63) is 23.2 Å². The Hall–Kier alpha value is -1.78. The van der Waals surface area contributed by atoms with Gasteiger partial charge in [-0.15, -0.1) is 0 Å². The fourth-order valence-corrected chi connectivity index (χ4v) is 0.392. The second-order valence-corrected chi connectivity index (χ2v) is 2.00. The zero-order chi connectivity index (χ0) is 9.72. The third-order valence-corrected chi connectivity index (χ3v) is 1.11. The third kappa shape index (κ3) is 2.87. The molecule has 5 nitrogen and oxygen atoms in total. The number of carbonyl (C=O) groups is 2. The largest absolute Gasteiger partial charge is 0.507 e. The first-order chi connectivity index (χ1) is 5.49. The van der Waals surface area contributed by atoms with Gasteiger partial charge in [0.05, 0.1) is 5.57 Å². The first-order valence-electron chi connectivity index (χ1n) is 2.98. The molecule has 0 unspecified atom stereocenters. The second-order valence-electron chi connectivity index (χ2n) is 2.00. The van der Waals surface area contributed by atoms with Crippen molar-refractivity contribution in [2.24, 2.45) is 0 Å².